The van der Waals surface area contributed by atoms with Gasteiger partial charge in [-0.15, -0.1) is 0 Å². The van der Waals surface area contributed by atoms with E-state index in [0.29, 0.717) is 23.5 Å². The highest BCUT2D eigenvalue weighted by molar-refractivity contribution is 6.10. The summed E-state index contributed by atoms with van der Waals surface area (Å²) in [4.78, 5) is 37.5. The second-order valence-corrected chi connectivity index (χ2v) is 7.26. The second kappa shape index (κ2) is 8.75. The molecular weight excluding hydrogens is 456 g/mol. The molecule has 3 rings (SSSR count). The van der Waals surface area contributed by atoms with Crippen molar-refractivity contribution in [2.75, 3.05) is 6.54 Å². The Hall–Kier alpha value is -3.57. The first kappa shape index (κ1) is 24.1. The van der Waals surface area contributed by atoms with Crippen LogP contribution in [-0.2, 0) is 17.4 Å². The molecule has 33 heavy (non-hydrogen) atoms. The summed E-state index contributed by atoms with van der Waals surface area (Å²) in [6.07, 6.45) is -9.79. The fourth-order valence-electron chi connectivity index (χ4n) is 3.29. The van der Waals surface area contributed by atoms with E-state index in [2.05, 4.69) is 0 Å². The highest BCUT2D eigenvalue weighted by Crippen LogP contribution is 2.35. The number of carbonyl (C=O) groups excluding carboxylic acids is 3. The van der Waals surface area contributed by atoms with Crippen LogP contribution in [0.15, 0.2) is 54.6 Å². The summed E-state index contributed by atoms with van der Waals surface area (Å²) in [5, 5.41) is 2.85. The van der Waals surface area contributed by atoms with Gasteiger partial charge in [0.15, 0.2) is 0 Å². The zero-order chi connectivity index (χ0) is 24.4. The van der Waals surface area contributed by atoms with Crippen molar-refractivity contribution in [2.24, 2.45) is 0 Å². The van der Waals surface area contributed by atoms with Gasteiger partial charge in [-0.25, -0.2) is 4.79 Å². The van der Waals surface area contributed by atoms with Crippen LogP contribution in [0.1, 0.15) is 27.9 Å². The van der Waals surface area contributed by atoms with E-state index in [4.69, 9.17) is 0 Å². The third kappa shape index (κ3) is 4.94. The summed E-state index contributed by atoms with van der Waals surface area (Å²) in [7, 11) is 0. The van der Waals surface area contributed by atoms with Gasteiger partial charge in [-0.1, -0.05) is 36.4 Å². The number of amides is 4. The van der Waals surface area contributed by atoms with Crippen molar-refractivity contribution in [3.05, 3.63) is 71.3 Å². The van der Waals surface area contributed by atoms with Crippen LogP contribution in [-0.4, -0.2) is 41.1 Å². The van der Waals surface area contributed by atoms with Crippen molar-refractivity contribution in [3.8, 4) is 0 Å². The summed E-state index contributed by atoms with van der Waals surface area (Å²) in [5.41, 5.74) is -5.00. The molecule has 2 aromatic carbocycles. The van der Waals surface area contributed by atoms with Gasteiger partial charge in [0.05, 0.1) is 5.56 Å². The summed E-state index contributed by atoms with van der Waals surface area (Å²) in [5.74, 6) is -3.38. The molecule has 2 aromatic rings. The van der Waals surface area contributed by atoms with Gasteiger partial charge in [0, 0.05) is 12.1 Å². The molecule has 0 saturated carbocycles. The van der Waals surface area contributed by atoms with Gasteiger partial charge in [0.1, 0.15) is 0 Å². The van der Waals surface area contributed by atoms with Crippen molar-refractivity contribution < 1.29 is 40.7 Å². The van der Waals surface area contributed by atoms with Crippen molar-refractivity contribution in [2.45, 2.75) is 30.9 Å². The largest absolute Gasteiger partial charge is 0.440 e. The molecule has 176 valence electrons. The maximum Gasteiger partial charge on any atom is 0.440 e. The molecule has 1 aliphatic heterocycles. The SMILES string of the molecule is O=C(N[C@@]1(C(F)(F)F)NC(=O)N(CCCc2ccccc2)C1=O)c1cccc(C(F)(F)F)c1. The standard InChI is InChI=1S/C21H17F6N3O3/c22-20(23,24)15-10-4-9-14(12-15)16(31)28-19(21(25,26)27)17(32)30(18(33)29-19)11-5-8-13-6-2-1-3-7-13/h1-4,6-7,9-10,12H,5,8,11H2,(H,28,31)(H,29,33)/t19-/m1/s1. The Kier molecular flexibility index (Phi) is 6.39. The Morgan fingerprint density at radius 1 is 0.970 bits per heavy atom. The predicted octanol–water partition coefficient (Wildman–Crippen LogP) is 3.88. The molecule has 1 atom stereocenters. The molecule has 4 amide bonds. The lowest BCUT2D eigenvalue weighted by Gasteiger charge is -2.30. The average molecular weight is 473 g/mol. The molecule has 1 saturated heterocycles. The minimum absolute atomic E-state index is 0.151. The van der Waals surface area contributed by atoms with Gasteiger partial charge in [0.2, 0.25) is 0 Å². The topological polar surface area (TPSA) is 78.5 Å². The fourth-order valence-corrected chi connectivity index (χ4v) is 3.29. The smallest absolute Gasteiger partial charge is 0.314 e. The Balaban J connectivity index is 1.80. The first-order valence-corrected chi connectivity index (χ1v) is 9.60. The number of halogens is 6. The van der Waals surface area contributed by atoms with Crippen molar-refractivity contribution >= 4 is 17.8 Å². The third-order valence-electron chi connectivity index (χ3n) is 4.97. The molecule has 0 aromatic heterocycles. The Morgan fingerprint density at radius 3 is 2.24 bits per heavy atom. The van der Waals surface area contributed by atoms with Crippen LogP contribution in [0.3, 0.4) is 0 Å². The van der Waals surface area contributed by atoms with E-state index in [1.165, 1.54) is 10.6 Å². The fraction of sp³-hybridized carbons (Fsp3) is 0.286. The number of hydrogen-bond acceptors (Lipinski definition) is 3. The minimum Gasteiger partial charge on any atom is -0.314 e. The summed E-state index contributed by atoms with van der Waals surface area (Å²) in [6, 6.07) is 10.1. The molecule has 0 unspecified atom stereocenters. The molecule has 6 nitrogen and oxygen atoms in total. The lowest BCUT2D eigenvalue weighted by atomic mass is 10.1. The number of aryl methyl sites for hydroxylation is 1. The molecule has 12 heteroatoms. The molecule has 1 fully saturated rings. The number of nitrogens with zero attached hydrogens (tertiary/aromatic N) is 1. The van der Waals surface area contributed by atoms with Crippen LogP contribution in [0.5, 0.6) is 0 Å². The van der Waals surface area contributed by atoms with E-state index in [9.17, 15) is 40.7 Å². The monoisotopic (exact) mass is 473 g/mol. The molecular formula is C21H17F6N3O3. The van der Waals surface area contributed by atoms with Crippen LogP contribution >= 0.6 is 0 Å². The summed E-state index contributed by atoms with van der Waals surface area (Å²) < 4.78 is 80.3. The van der Waals surface area contributed by atoms with Crippen molar-refractivity contribution in [1.82, 2.24) is 15.5 Å². The lowest BCUT2D eigenvalue weighted by Crippen LogP contribution is -2.69. The number of alkyl halides is 6. The van der Waals surface area contributed by atoms with E-state index < -0.39 is 47.0 Å². The quantitative estimate of drug-likeness (QED) is 0.494. The zero-order valence-electron chi connectivity index (χ0n) is 16.8. The Bertz CT molecular complexity index is 1060. The van der Waals surface area contributed by atoms with E-state index in [1.807, 2.05) is 0 Å². The number of carbonyl (C=O) groups is 3. The zero-order valence-corrected chi connectivity index (χ0v) is 16.8. The van der Waals surface area contributed by atoms with Crippen LogP contribution in [0.2, 0.25) is 0 Å². The summed E-state index contributed by atoms with van der Waals surface area (Å²) >= 11 is 0. The van der Waals surface area contributed by atoms with Crippen LogP contribution in [0.4, 0.5) is 31.1 Å². The molecule has 2 N–H and O–H groups in total. The van der Waals surface area contributed by atoms with Gasteiger partial charge in [-0.3, -0.25) is 19.8 Å². The first-order chi connectivity index (χ1) is 15.3. The van der Waals surface area contributed by atoms with Crippen LogP contribution in [0.25, 0.3) is 0 Å². The Labute approximate surface area is 183 Å². The van der Waals surface area contributed by atoms with Crippen molar-refractivity contribution in [1.29, 1.82) is 0 Å². The van der Waals surface area contributed by atoms with Crippen molar-refractivity contribution in [3.63, 3.8) is 0 Å². The number of rotatable bonds is 6. The third-order valence-corrected chi connectivity index (χ3v) is 4.97. The van der Waals surface area contributed by atoms with Gasteiger partial charge in [-0.2, -0.15) is 26.3 Å². The maximum absolute atomic E-state index is 13.9. The highest BCUT2D eigenvalue weighted by atomic mass is 19.4. The molecule has 0 spiro atoms. The molecule has 1 heterocycles. The average Bonchev–Trinajstić information content (AvgIpc) is 2.99. The number of nitrogens with one attached hydrogen (secondary N) is 2. The normalized spacial score (nSPS) is 18.9. The summed E-state index contributed by atoms with van der Waals surface area (Å²) in [6.45, 7) is -0.364. The number of imide groups is 1. The van der Waals surface area contributed by atoms with E-state index in [-0.39, 0.29) is 13.0 Å². The van der Waals surface area contributed by atoms with E-state index in [1.54, 1.807) is 30.3 Å². The van der Waals surface area contributed by atoms with E-state index in [0.717, 1.165) is 17.7 Å². The maximum atomic E-state index is 13.9. The highest BCUT2D eigenvalue weighted by Gasteiger charge is 2.68. The van der Waals surface area contributed by atoms with E-state index >= 15 is 0 Å². The predicted molar refractivity (Wildman–Crippen MR) is 103 cm³/mol. The van der Waals surface area contributed by atoms with Gasteiger partial charge in [-0.05, 0) is 36.6 Å². The molecule has 1 aliphatic rings. The number of benzene rings is 2. The van der Waals surface area contributed by atoms with Gasteiger partial charge in [0.25, 0.3) is 17.5 Å². The first-order valence-electron chi connectivity index (χ1n) is 9.60. The number of urea groups is 1. The second-order valence-electron chi connectivity index (χ2n) is 7.26. The Morgan fingerprint density at radius 2 is 1.64 bits per heavy atom. The molecule has 0 radical (unpaired) electrons. The van der Waals surface area contributed by atoms with Gasteiger partial charge < -0.3 is 5.32 Å². The lowest BCUT2D eigenvalue weighted by molar-refractivity contribution is -0.200. The molecule has 0 bridgehead atoms. The van der Waals surface area contributed by atoms with Crippen LogP contribution in [0, 0.1) is 0 Å². The number of hydrogen-bond donors (Lipinski definition) is 2. The van der Waals surface area contributed by atoms with Gasteiger partial charge >= 0.3 is 18.4 Å². The van der Waals surface area contributed by atoms with Crippen LogP contribution < -0.4 is 10.6 Å². The minimum atomic E-state index is -5.47. The molecule has 0 aliphatic carbocycles.